The maximum absolute atomic E-state index is 12.9. The smallest absolute Gasteiger partial charge is 0.326 e. The van der Waals surface area contributed by atoms with Crippen LogP contribution in [-0.4, -0.2) is 21.6 Å². The Morgan fingerprint density at radius 1 is 1.23 bits per heavy atom. The first-order valence-electron chi connectivity index (χ1n) is 9.26. The first kappa shape index (κ1) is 20.9. The molecule has 2 amide bonds. The summed E-state index contributed by atoms with van der Waals surface area (Å²) >= 11 is 6.07. The number of nitrogens with one attached hydrogen (secondary N) is 2. The SMILES string of the molecule is Cc1nn2c(c1-c1cccc(Cl)c1)NC(=O)C2CC(=O)Nc1cccc(C(F)(F)F)c1. The summed E-state index contributed by atoms with van der Waals surface area (Å²) in [6.45, 7) is 1.77. The second kappa shape index (κ2) is 7.73. The molecule has 0 saturated heterocycles. The molecule has 1 aliphatic heterocycles. The van der Waals surface area contributed by atoms with Crippen molar-refractivity contribution in [1.82, 2.24) is 9.78 Å². The van der Waals surface area contributed by atoms with Gasteiger partial charge in [-0.3, -0.25) is 9.59 Å². The molecule has 0 bridgehead atoms. The van der Waals surface area contributed by atoms with Gasteiger partial charge < -0.3 is 10.6 Å². The molecule has 1 unspecified atom stereocenters. The van der Waals surface area contributed by atoms with E-state index in [9.17, 15) is 22.8 Å². The Kier molecular flexibility index (Phi) is 5.22. The molecule has 6 nitrogen and oxygen atoms in total. The third kappa shape index (κ3) is 4.13. The maximum atomic E-state index is 12.9. The standard InChI is InChI=1S/C21H16ClF3N4O2/c1-11-18(12-4-2-6-14(22)8-12)19-27-20(31)16(29(19)28-11)10-17(30)26-15-7-3-5-13(9-15)21(23,24)25/h2-9,16H,10H2,1H3,(H,26,30)(H,27,31). The highest BCUT2D eigenvalue weighted by Crippen LogP contribution is 2.39. The van der Waals surface area contributed by atoms with E-state index in [1.54, 1.807) is 25.1 Å². The Morgan fingerprint density at radius 2 is 1.97 bits per heavy atom. The topological polar surface area (TPSA) is 76.0 Å². The molecule has 0 spiro atoms. The van der Waals surface area contributed by atoms with Crippen LogP contribution in [0.25, 0.3) is 11.1 Å². The average molecular weight is 449 g/mol. The van der Waals surface area contributed by atoms with Crippen LogP contribution in [0.5, 0.6) is 0 Å². The summed E-state index contributed by atoms with van der Waals surface area (Å²) in [6, 6.07) is 10.5. The zero-order valence-electron chi connectivity index (χ0n) is 16.1. The lowest BCUT2D eigenvalue weighted by atomic mass is 10.1. The van der Waals surface area contributed by atoms with E-state index in [1.807, 2.05) is 6.07 Å². The van der Waals surface area contributed by atoms with Gasteiger partial charge >= 0.3 is 6.18 Å². The van der Waals surface area contributed by atoms with Gasteiger partial charge in [0.15, 0.2) is 0 Å². The van der Waals surface area contributed by atoms with E-state index in [-0.39, 0.29) is 12.1 Å². The molecular formula is C21H16ClF3N4O2. The van der Waals surface area contributed by atoms with E-state index in [0.29, 0.717) is 22.1 Å². The number of halogens is 4. The van der Waals surface area contributed by atoms with Crippen molar-refractivity contribution >= 4 is 34.9 Å². The normalized spacial score (nSPS) is 15.5. The van der Waals surface area contributed by atoms with Crippen molar-refractivity contribution in [2.24, 2.45) is 0 Å². The molecule has 1 aliphatic rings. The number of aryl methyl sites for hydroxylation is 1. The van der Waals surface area contributed by atoms with E-state index >= 15 is 0 Å². The number of alkyl halides is 3. The summed E-state index contributed by atoms with van der Waals surface area (Å²) in [5, 5.41) is 10.1. The van der Waals surface area contributed by atoms with E-state index in [0.717, 1.165) is 17.7 Å². The van der Waals surface area contributed by atoms with Crippen molar-refractivity contribution in [3.8, 4) is 11.1 Å². The molecular weight excluding hydrogens is 433 g/mol. The molecule has 0 saturated carbocycles. The fraction of sp³-hybridized carbons (Fsp3) is 0.190. The predicted molar refractivity (Wildman–Crippen MR) is 110 cm³/mol. The quantitative estimate of drug-likeness (QED) is 0.586. The minimum Gasteiger partial charge on any atom is -0.326 e. The molecule has 3 aromatic rings. The first-order chi connectivity index (χ1) is 14.6. The molecule has 4 rings (SSSR count). The fourth-order valence-corrected chi connectivity index (χ4v) is 3.72. The van der Waals surface area contributed by atoms with Crippen molar-refractivity contribution in [1.29, 1.82) is 0 Å². The van der Waals surface area contributed by atoms with Crippen molar-refractivity contribution in [2.75, 3.05) is 10.6 Å². The molecule has 0 aliphatic carbocycles. The van der Waals surface area contributed by atoms with Gasteiger partial charge in [-0.15, -0.1) is 0 Å². The molecule has 2 N–H and O–H groups in total. The molecule has 0 radical (unpaired) electrons. The van der Waals surface area contributed by atoms with Crippen LogP contribution in [0.15, 0.2) is 48.5 Å². The maximum Gasteiger partial charge on any atom is 0.416 e. The molecule has 1 atom stereocenters. The van der Waals surface area contributed by atoms with Crippen LogP contribution in [0.3, 0.4) is 0 Å². The van der Waals surface area contributed by atoms with Gasteiger partial charge in [0, 0.05) is 16.3 Å². The number of carbonyl (C=O) groups excluding carboxylic acids is 2. The number of amides is 2. The Balaban J connectivity index is 1.56. The molecule has 10 heteroatoms. The number of rotatable bonds is 4. The van der Waals surface area contributed by atoms with Crippen LogP contribution >= 0.6 is 11.6 Å². The lowest BCUT2D eigenvalue weighted by Crippen LogP contribution is -2.24. The van der Waals surface area contributed by atoms with Crippen LogP contribution < -0.4 is 10.6 Å². The molecule has 31 heavy (non-hydrogen) atoms. The van der Waals surface area contributed by atoms with E-state index in [1.165, 1.54) is 16.8 Å². The van der Waals surface area contributed by atoms with Gasteiger partial charge in [-0.2, -0.15) is 18.3 Å². The second-order valence-corrected chi connectivity index (χ2v) is 7.54. The van der Waals surface area contributed by atoms with Crippen molar-refractivity contribution in [3.05, 3.63) is 64.8 Å². The number of carbonyl (C=O) groups is 2. The minimum atomic E-state index is -4.52. The molecule has 0 fully saturated rings. The number of aromatic nitrogens is 2. The van der Waals surface area contributed by atoms with Gasteiger partial charge in [0.05, 0.1) is 17.7 Å². The highest BCUT2D eigenvalue weighted by atomic mass is 35.5. The highest BCUT2D eigenvalue weighted by Gasteiger charge is 2.36. The van der Waals surface area contributed by atoms with Gasteiger partial charge in [0.1, 0.15) is 11.9 Å². The summed E-state index contributed by atoms with van der Waals surface area (Å²) < 4.78 is 40.0. The van der Waals surface area contributed by atoms with Crippen LogP contribution in [0, 0.1) is 6.92 Å². The largest absolute Gasteiger partial charge is 0.416 e. The van der Waals surface area contributed by atoms with Crippen LogP contribution in [0.2, 0.25) is 5.02 Å². The van der Waals surface area contributed by atoms with Crippen LogP contribution in [0.1, 0.15) is 23.7 Å². The summed E-state index contributed by atoms with van der Waals surface area (Å²) in [7, 11) is 0. The molecule has 1 aromatic heterocycles. The van der Waals surface area contributed by atoms with Crippen LogP contribution in [0.4, 0.5) is 24.7 Å². The van der Waals surface area contributed by atoms with Gasteiger partial charge in [0.2, 0.25) is 5.91 Å². The number of hydrogen-bond acceptors (Lipinski definition) is 3. The second-order valence-electron chi connectivity index (χ2n) is 7.10. The Hall–Kier alpha value is -3.33. The summed E-state index contributed by atoms with van der Waals surface area (Å²) in [4.78, 5) is 25.0. The van der Waals surface area contributed by atoms with Gasteiger partial charge in [0.25, 0.3) is 5.91 Å². The fourth-order valence-electron chi connectivity index (χ4n) is 3.53. The van der Waals surface area contributed by atoms with E-state index in [2.05, 4.69) is 15.7 Å². The molecule has 2 aromatic carbocycles. The minimum absolute atomic E-state index is 0.00489. The monoisotopic (exact) mass is 448 g/mol. The average Bonchev–Trinajstić information content (AvgIpc) is 3.15. The van der Waals surface area contributed by atoms with Crippen molar-refractivity contribution in [2.45, 2.75) is 25.6 Å². The Bertz CT molecular complexity index is 1190. The highest BCUT2D eigenvalue weighted by molar-refractivity contribution is 6.30. The van der Waals surface area contributed by atoms with Crippen molar-refractivity contribution in [3.63, 3.8) is 0 Å². The molecule has 2 heterocycles. The van der Waals surface area contributed by atoms with Crippen LogP contribution in [-0.2, 0) is 15.8 Å². The van der Waals surface area contributed by atoms with Crippen molar-refractivity contribution < 1.29 is 22.8 Å². The summed E-state index contributed by atoms with van der Waals surface area (Å²) in [6.07, 6.45) is -4.81. The van der Waals surface area contributed by atoms with Gasteiger partial charge in [-0.25, -0.2) is 4.68 Å². The third-order valence-corrected chi connectivity index (χ3v) is 5.13. The lowest BCUT2D eigenvalue weighted by molar-refractivity contribution is -0.137. The first-order valence-corrected chi connectivity index (χ1v) is 9.64. The Labute approximate surface area is 180 Å². The number of fused-ring (bicyclic) bond motifs is 1. The van der Waals surface area contributed by atoms with Gasteiger partial charge in [-0.1, -0.05) is 29.8 Å². The van der Waals surface area contributed by atoms with Gasteiger partial charge in [-0.05, 0) is 42.8 Å². The third-order valence-electron chi connectivity index (χ3n) is 4.89. The molecule has 160 valence electrons. The predicted octanol–water partition coefficient (Wildman–Crippen LogP) is 5.05. The zero-order valence-corrected chi connectivity index (χ0v) is 16.9. The number of benzene rings is 2. The van der Waals surface area contributed by atoms with E-state index in [4.69, 9.17) is 11.6 Å². The summed E-state index contributed by atoms with van der Waals surface area (Å²) in [5.41, 5.74) is 1.22. The Morgan fingerprint density at radius 3 is 2.68 bits per heavy atom. The number of nitrogens with zero attached hydrogens (tertiary/aromatic N) is 2. The lowest BCUT2D eigenvalue weighted by Gasteiger charge is -2.12. The number of hydrogen-bond donors (Lipinski definition) is 2. The van der Waals surface area contributed by atoms with E-state index < -0.39 is 29.6 Å². The zero-order chi connectivity index (χ0) is 22.3. The number of anilines is 2. The summed E-state index contributed by atoms with van der Waals surface area (Å²) in [5.74, 6) is -0.587.